The van der Waals surface area contributed by atoms with Gasteiger partial charge < -0.3 is 30.4 Å². The van der Waals surface area contributed by atoms with Crippen LogP contribution in [0.15, 0.2) is 48.3 Å². The average molecular weight is 363 g/mol. The molecule has 1 aromatic carbocycles. The van der Waals surface area contributed by atoms with Crippen molar-refractivity contribution in [2.24, 2.45) is 10.8 Å². The predicted molar refractivity (Wildman–Crippen MR) is 99.5 cm³/mol. The van der Waals surface area contributed by atoms with Gasteiger partial charge in [0.15, 0.2) is 6.23 Å². The fourth-order valence-corrected chi connectivity index (χ4v) is 1.87. The Labute approximate surface area is 152 Å². The van der Waals surface area contributed by atoms with E-state index in [-0.39, 0.29) is 32.2 Å². The quantitative estimate of drug-likeness (QED) is 0.153. The van der Waals surface area contributed by atoms with Crippen molar-refractivity contribution in [2.45, 2.75) is 6.23 Å². The first kappa shape index (κ1) is 21.3. The van der Waals surface area contributed by atoms with Crippen molar-refractivity contribution >= 4 is 5.70 Å². The van der Waals surface area contributed by atoms with E-state index in [0.717, 1.165) is 11.3 Å². The van der Waals surface area contributed by atoms with Crippen LogP contribution in [-0.2, 0) is 9.47 Å². The van der Waals surface area contributed by atoms with Gasteiger partial charge >= 0.3 is 0 Å². The van der Waals surface area contributed by atoms with Crippen LogP contribution in [-0.4, -0.2) is 50.9 Å². The molecule has 0 radical (unpaired) electrons. The number of azide groups is 1. The van der Waals surface area contributed by atoms with Gasteiger partial charge in [0, 0.05) is 29.3 Å². The first-order valence-electron chi connectivity index (χ1n) is 8.03. The van der Waals surface area contributed by atoms with Crippen LogP contribution in [0.2, 0.25) is 0 Å². The van der Waals surface area contributed by atoms with Crippen molar-refractivity contribution in [3.63, 3.8) is 0 Å². The Morgan fingerprint density at radius 2 is 2.19 bits per heavy atom. The van der Waals surface area contributed by atoms with Crippen molar-refractivity contribution in [2.75, 3.05) is 39.5 Å². The van der Waals surface area contributed by atoms with Crippen molar-refractivity contribution in [1.82, 2.24) is 5.32 Å². The Balaban J connectivity index is 2.48. The Hall–Kier alpha value is -2.71. The highest BCUT2D eigenvalue weighted by Gasteiger charge is 2.09. The first-order valence-corrected chi connectivity index (χ1v) is 8.03. The summed E-state index contributed by atoms with van der Waals surface area (Å²) in [6.45, 7) is 8.86. The van der Waals surface area contributed by atoms with Gasteiger partial charge in [-0.1, -0.05) is 30.4 Å². The van der Waals surface area contributed by atoms with Crippen LogP contribution in [0, 0.1) is 0 Å². The predicted octanol–water partition coefficient (Wildman–Crippen LogP) is 2.33. The normalized spacial score (nSPS) is 11.3. The van der Waals surface area contributed by atoms with E-state index in [9.17, 15) is 0 Å². The van der Waals surface area contributed by atoms with Crippen molar-refractivity contribution in [3.05, 3.63) is 59.2 Å². The largest absolute Gasteiger partial charge is 0.510 e. The van der Waals surface area contributed by atoms with Crippen LogP contribution in [0.1, 0.15) is 5.56 Å². The molecule has 26 heavy (non-hydrogen) atoms. The molecule has 0 aliphatic carbocycles. The number of aliphatic hydroxyl groups is 1. The standard InChI is InChI=1S/C17H25N5O4/c1-13(23)11-24-8-9-25-17(21-22-19)12-26-16-5-3-4-15(10-16)14(2)20-7-6-18/h3-5,10,17,20,23H,1-2,6-9,11-12,18H2. The molecule has 0 aliphatic heterocycles. The van der Waals surface area contributed by atoms with E-state index >= 15 is 0 Å². The van der Waals surface area contributed by atoms with Crippen molar-refractivity contribution in [1.29, 1.82) is 0 Å². The minimum Gasteiger partial charge on any atom is -0.510 e. The minimum absolute atomic E-state index is 0.0287. The highest BCUT2D eigenvalue weighted by molar-refractivity contribution is 5.62. The van der Waals surface area contributed by atoms with Gasteiger partial charge in [-0.25, -0.2) is 0 Å². The van der Waals surface area contributed by atoms with E-state index in [2.05, 4.69) is 28.5 Å². The second-order valence-electron chi connectivity index (χ2n) is 5.18. The molecule has 1 unspecified atom stereocenters. The Morgan fingerprint density at radius 1 is 1.38 bits per heavy atom. The SMILES string of the molecule is C=C(O)COCCOC(COc1cccc(C(=C)NCCN)c1)N=[N+]=[N-]. The van der Waals surface area contributed by atoms with Crippen molar-refractivity contribution in [3.8, 4) is 5.75 Å². The number of benzene rings is 1. The second kappa shape index (κ2) is 12.6. The topological polar surface area (TPSA) is 135 Å². The molecule has 1 aromatic rings. The molecule has 0 fully saturated rings. The van der Waals surface area contributed by atoms with Crippen LogP contribution >= 0.6 is 0 Å². The van der Waals surface area contributed by atoms with Gasteiger partial charge in [-0.05, 0) is 17.7 Å². The number of nitrogens with one attached hydrogen (secondary N) is 1. The molecule has 1 atom stereocenters. The van der Waals surface area contributed by atoms with Gasteiger partial charge in [-0.3, -0.25) is 0 Å². The molecular weight excluding hydrogens is 338 g/mol. The smallest absolute Gasteiger partial charge is 0.170 e. The summed E-state index contributed by atoms with van der Waals surface area (Å²) in [7, 11) is 0. The first-order chi connectivity index (χ1) is 12.6. The summed E-state index contributed by atoms with van der Waals surface area (Å²) < 4.78 is 16.1. The zero-order valence-electron chi connectivity index (χ0n) is 14.6. The van der Waals surface area contributed by atoms with Gasteiger partial charge in [-0.2, -0.15) is 0 Å². The van der Waals surface area contributed by atoms with Gasteiger partial charge in [0.2, 0.25) is 0 Å². The number of aliphatic hydroxyl groups excluding tert-OH is 1. The number of ether oxygens (including phenoxy) is 3. The van der Waals surface area contributed by atoms with Gasteiger partial charge in [0.25, 0.3) is 0 Å². The zero-order valence-corrected chi connectivity index (χ0v) is 14.6. The molecule has 1 rings (SSSR count). The van der Waals surface area contributed by atoms with Gasteiger partial charge in [-0.15, -0.1) is 0 Å². The van der Waals surface area contributed by atoms with Crippen LogP contribution < -0.4 is 15.8 Å². The van der Waals surface area contributed by atoms with Crippen LogP contribution in [0.5, 0.6) is 5.75 Å². The molecule has 0 saturated heterocycles. The molecular formula is C17H25N5O4. The lowest BCUT2D eigenvalue weighted by Crippen LogP contribution is -2.22. The Kier molecular flexibility index (Phi) is 10.4. The summed E-state index contributed by atoms with van der Waals surface area (Å²) in [5, 5.41) is 15.5. The van der Waals surface area contributed by atoms with Gasteiger partial charge in [0.1, 0.15) is 24.7 Å². The lowest BCUT2D eigenvalue weighted by molar-refractivity contribution is -0.0104. The molecule has 0 saturated carbocycles. The fourth-order valence-electron chi connectivity index (χ4n) is 1.87. The number of hydrogen-bond acceptors (Lipinski definition) is 7. The third-order valence-electron chi connectivity index (χ3n) is 3.04. The maximum absolute atomic E-state index is 8.90. The molecule has 9 heteroatoms. The minimum atomic E-state index is -0.803. The summed E-state index contributed by atoms with van der Waals surface area (Å²) in [6.07, 6.45) is -0.803. The second-order valence-corrected chi connectivity index (χ2v) is 5.18. The van der Waals surface area contributed by atoms with Gasteiger partial charge in [0.05, 0.1) is 13.2 Å². The van der Waals surface area contributed by atoms with E-state index in [1.807, 2.05) is 18.2 Å². The van der Waals surface area contributed by atoms with E-state index in [1.165, 1.54) is 0 Å². The van der Waals surface area contributed by atoms with Crippen molar-refractivity contribution < 1.29 is 19.3 Å². The molecule has 0 amide bonds. The summed E-state index contributed by atoms with van der Waals surface area (Å²) in [4.78, 5) is 2.74. The maximum Gasteiger partial charge on any atom is 0.170 e. The summed E-state index contributed by atoms with van der Waals surface area (Å²) in [5.74, 6) is 0.523. The average Bonchev–Trinajstić information content (AvgIpc) is 2.63. The lowest BCUT2D eigenvalue weighted by atomic mass is 10.1. The summed E-state index contributed by atoms with van der Waals surface area (Å²) in [5.41, 5.74) is 15.7. The number of nitrogens with zero attached hydrogens (tertiary/aromatic N) is 3. The van der Waals surface area contributed by atoms with E-state index in [4.69, 9.17) is 30.6 Å². The third kappa shape index (κ3) is 8.95. The molecule has 9 nitrogen and oxygen atoms in total. The van der Waals surface area contributed by atoms with Crippen LogP contribution in [0.25, 0.3) is 16.1 Å². The zero-order chi connectivity index (χ0) is 19.2. The number of rotatable bonds is 14. The summed E-state index contributed by atoms with van der Waals surface area (Å²) >= 11 is 0. The van der Waals surface area contributed by atoms with Crippen LogP contribution in [0.4, 0.5) is 0 Å². The van der Waals surface area contributed by atoms with E-state index < -0.39 is 6.23 Å². The fraction of sp³-hybridized carbons (Fsp3) is 0.412. The Morgan fingerprint density at radius 3 is 2.88 bits per heavy atom. The monoisotopic (exact) mass is 363 g/mol. The Bertz CT molecular complexity index is 631. The third-order valence-corrected chi connectivity index (χ3v) is 3.04. The highest BCUT2D eigenvalue weighted by atomic mass is 16.6. The highest BCUT2D eigenvalue weighted by Crippen LogP contribution is 2.18. The molecule has 0 aromatic heterocycles. The number of hydrogen-bond donors (Lipinski definition) is 3. The lowest BCUT2D eigenvalue weighted by Gasteiger charge is -2.15. The molecule has 0 aliphatic rings. The molecule has 142 valence electrons. The van der Waals surface area contributed by atoms with Crippen LogP contribution in [0.3, 0.4) is 0 Å². The molecule has 4 N–H and O–H groups in total. The maximum atomic E-state index is 8.90. The molecule has 0 bridgehead atoms. The summed E-state index contributed by atoms with van der Waals surface area (Å²) in [6, 6.07) is 7.32. The molecule has 0 spiro atoms. The number of nitrogens with two attached hydrogens (primary N) is 1. The van der Waals surface area contributed by atoms with E-state index in [0.29, 0.717) is 18.8 Å². The van der Waals surface area contributed by atoms with E-state index in [1.54, 1.807) is 6.07 Å². The molecule has 0 heterocycles.